The van der Waals surface area contributed by atoms with Crippen LogP contribution < -0.4 is 5.73 Å². The van der Waals surface area contributed by atoms with Crippen LogP contribution in [0.5, 0.6) is 0 Å². The van der Waals surface area contributed by atoms with Crippen LogP contribution in [0, 0.1) is 11.8 Å². The zero-order valence-corrected chi connectivity index (χ0v) is 7.68. The summed E-state index contributed by atoms with van der Waals surface area (Å²) in [6, 6.07) is 1.68. The van der Waals surface area contributed by atoms with Gasteiger partial charge in [0.25, 0.3) is 0 Å². The van der Waals surface area contributed by atoms with Crippen LogP contribution >= 0.6 is 15.9 Å². The summed E-state index contributed by atoms with van der Waals surface area (Å²) in [6.07, 6.45) is 1.58. The molecule has 1 unspecified atom stereocenters. The molecule has 0 spiro atoms. The Kier molecular flexibility index (Phi) is 2.75. The van der Waals surface area contributed by atoms with Gasteiger partial charge in [-0.3, -0.25) is 0 Å². The molecule has 3 heteroatoms. The molecule has 2 N–H and O–H groups in total. The molecule has 0 aliphatic rings. The molecule has 0 amide bonds. The third-order valence-electron chi connectivity index (χ3n) is 1.03. The van der Waals surface area contributed by atoms with Gasteiger partial charge in [0.1, 0.15) is 0 Å². The van der Waals surface area contributed by atoms with Crippen LogP contribution in [0.1, 0.15) is 12.7 Å². The first-order valence-electron chi connectivity index (χ1n) is 3.20. The molecule has 0 aliphatic carbocycles. The summed E-state index contributed by atoms with van der Waals surface area (Å²) in [4.78, 5) is 0. The predicted octanol–water partition coefficient (Wildman–Crippen LogP) is 1.74. The van der Waals surface area contributed by atoms with Gasteiger partial charge in [0.15, 0.2) is 5.76 Å². The molecule has 11 heavy (non-hydrogen) atoms. The predicted molar refractivity (Wildman–Crippen MR) is 46.9 cm³/mol. The highest BCUT2D eigenvalue weighted by molar-refractivity contribution is 9.10. The Labute approximate surface area is 73.9 Å². The van der Waals surface area contributed by atoms with Crippen molar-refractivity contribution in [3.8, 4) is 11.8 Å². The van der Waals surface area contributed by atoms with E-state index < -0.39 is 0 Å². The maximum atomic E-state index is 5.43. The molecule has 0 aromatic carbocycles. The Morgan fingerprint density at radius 1 is 1.73 bits per heavy atom. The minimum atomic E-state index is -0.119. The quantitative estimate of drug-likeness (QED) is 0.668. The topological polar surface area (TPSA) is 39.2 Å². The Balaban J connectivity index is 2.81. The van der Waals surface area contributed by atoms with Crippen molar-refractivity contribution in [2.24, 2.45) is 5.73 Å². The number of hydrogen-bond donors (Lipinski definition) is 1. The summed E-state index contributed by atoms with van der Waals surface area (Å²) in [5, 5.41) is 0. The Bertz CT molecular complexity index is 293. The van der Waals surface area contributed by atoms with E-state index in [4.69, 9.17) is 10.2 Å². The largest absolute Gasteiger partial charge is 0.455 e. The lowest BCUT2D eigenvalue weighted by molar-refractivity contribution is 0.552. The van der Waals surface area contributed by atoms with E-state index in [-0.39, 0.29) is 6.04 Å². The maximum Gasteiger partial charge on any atom is 0.190 e. The van der Waals surface area contributed by atoms with Crippen molar-refractivity contribution in [1.82, 2.24) is 0 Å². The minimum Gasteiger partial charge on any atom is -0.455 e. The molecule has 58 valence electrons. The summed E-state index contributed by atoms with van der Waals surface area (Å²) >= 11 is 3.28. The molecule has 0 fully saturated rings. The van der Waals surface area contributed by atoms with Gasteiger partial charge in [0.2, 0.25) is 0 Å². The lowest BCUT2D eigenvalue weighted by Gasteiger charge is -1.87. The van der Waals surface area contributed by atoms with Crippen molar-refractivity contribution in [3.63, 3.8) is 0 Å². The molecule has 1 atom stereocenters. The summed E-state index contributed by atoms with van der Waals surface area (Å²) < 4.78 is 5.90. The van der Waals surface area contributed by atoms with E-state index in [9.17, 15) is 0 Å². The second kappa shape index (κ2) is 3.61. The lowest BCUT2D eigenvalue weighted by Crippen LogP contribution is -2.10. The molecule has 1 heterocycles. The molecule has 1 rings (SSSR count). The van der Waals surface area contributed by atoms with Gasteiger partial charge in [-0.25, -0.2) is 0 Å². The minimum absolute atomic E-state index is 0.119. The molecule has 2 nitrogen and oxygen atoms in total. The molecular formula is C8H8BrNO. The van der Waals surface area contributed by atoms with Gasteiger partial charge < -0.3 is 10.2 Å². The van der Waals surface area contributed by atoms with Crippen molar-refractivity contribution in [1.29, 1.82) is 0 Å². The van der Waals surface area contributed by atoms with E-state index in [1.165, 1.54) is 0 Å². The molecule has 0 bridgehead atoms. The smallest absolute Gasteiger partial charge is 0.190 e. The van der Waals surface area contributed by atoms with Gasteiger partial charge in [-0.05, 0) is 34.8 Å². The van der Waals surface area contributed by atoms with E-state index in [1.54, 1.807) is 12.3 Å². The maximum absolute atomic E-state index is 5.43. The molecule has 1 aromatic heterocycles. The molecule has 0 saturated carbocycles. The lowest BCUT2D eigenvalue weighted by atomic mass is 10.3. The highest BCUT2D eigenvalue weighted by atomic mass is 79.9. The van der Waals surface area contributed by atoms with Gasteiger partial charge >= 0.3 is 0 Å². The van der Waals surface area contributed by atoms with E-state index in [2.05, 4.69) is 27.8 Å². The first-order chi connectivity index (χ1) is 5.20. The fourth-order valence-corrected chi connectivity index (χ4v) is 0.863. The van der Waals surface area contributed by atoms with Gasteiger partial charge in [0.05, 0.1) is 16.8 Å². The van der Waals surface area contributed by atoms with E-state index in [0.29, 0.717) is 5.76 Å². The summed E-state index contributed by atoms with van der Waals surface area (Å²) in [7, 11) is 0. The highest BCUT2D eigenvalue weighted by Gasteiger charge is 1.97. The Morgan fingerprint density at radius 2 is 2.45 bits per heavy atom. The van der Waals surface area contributed by atoms with Crippen LogP contribution in [0.15, 0.2) is 21.2 Å². The van der Waals surface area contributed by atoms with Crippen molar-refractivity contribution in [2.75, 3.05) is 0 Å². The van der Waals surface area contributed by atoms with Gasteiger partial charge in [0, 0.05) is 0 Å². The molecule has 0 aliphatic heterocycles. The third-order valence-corrected chi connectivity index (χ3v) is 1.66. The van der Waals surface area contributed by atoms with Gasteiger partial charge in [-0.1, -0.05) is 5.92 Å². The standard InChI is InChI=1S/C8H8BrNO/c1-6(10)2-3-8-7(9)4-5-11-8/h4-6H,10H2,1H3. The summed E-state index contributed by atoms with van der Waals surface area (Å²) in [6.45, 7) is 1.82. The van der Waals surface area contributed by atoms with Crippen LogP contribution in [0.25, 0.3) is 0 Å². The molecule has 0 radical (unpaired) electrons. The third kappa shape index (κ3) is 2.41. The SMILES string of the molecule is CC(N)C#Cc1occc1Br. The fourth-order valence-electron chi connectivity index (χ4n) is 0.562. The normalized spacial score (nSPS) is 11.9. The zero-order valence-electron chi connectivity index (χ0n) is 6.10. The fraction of sp³-hybridized carbons (Fsp3) is 0.250. The van der Waals surface area contributed by atoms with Crippen LogP contribution in [0.2, 0.25) is 0 Å². The molecule has 1 aromatic rings. The van der Waals surface area contributed by atoms with Crippen LogP contribution in [-0.4, -0.2) is 6.04 Å². The number of hydrogen-bond acceptors (Lipinski definition) is 2. The Morgan fingerprint density at radius 3 is 2.91 bits per heavy atom. The van der Waals surface area contributed by atoms with E-state index >= 15 is 0 Å². The summed E-state index contributed by atoms with van der Waals surface area (Å²) in [5.74, 6) is 6.22. The first-order valence-corrected chi connectivity index (χ1v) is 3.99. The monoisotopic (exact) mass is 213 g/mol. The van der Waals surface area contributed by atoms with Crippen LogP contribution in [0.3, 0.4) is 0 Å². The number of nitrogens with two attached hydrogens (primary N) is 1. The van der Waals surface area contributed by atoms with Crippen LogP contribution in [-0.2, 0) is 0 Å². The van der Waals surface area contributed by atoms with Crippen molar-refractivity contribution in [2.45, 2.75) is 13.0 Å². The summed E-state index contributed by atoms with van der Waals surface area (Å²) in [5.41, 5.74) is 5.43. The second-order valence-corrected chi connectivity index (χ2v) is 3.01. The number of rotatable bonds is 0. The Hall–Kier alpha value is -0.720. The van der Waals surface area contributed by atoms with Crippen molar-refractivity contribution >= 4 is 15.9 Å². The highest BCUT2D eigenvalue weighted by Crippen LogP contribution is 2.15. The molecule has 0 saturated heterocycles. The number of furan rings is 1. The first kappa shape index (κ1) is 8.38. The average Bonchev–Trinajstić information content (AvgIpc) is 2.31. The van der Waals surface area contributed by atoms with Crippen molar-refractivity contribution in [3.05, 3.63) is 22.6 Å². The molecular weight excluding hydrogens is 206 g/mol. The average molecular weight is 214 g/mol. The van der Waals surface area contributed by atoms with E-state index in [1.807, 2.05) is 6.92 Å². The number of halogens is 1. The van der Waals surface area contributed by atoms with Gasteiger partial charge in [-0.15, -0.1) is 0 Å². The van der Waals surface area contributed by atoms with Crippen molar-refractivity contribution < 1.29 is 4.42 Å². The van der Waals surface area contributed by atoms with Gasteiger partial charge in [-0.2, -0.15) is 0 Å². The van der Waals surface area contributed by atoms with E-state index in [0.717, 1.165) is 4.47 Å². The zero-order chi connectivity index (χ0) is 8.27. The second-order valence-electron chi connectivity index (χ2n) is 2.16. The van der Waals surface area contributed by atoms with Crippen LogP contribution in [0.4, 0.5) is 0 Å².